The number of fused-ring (bicyclic) bond motifs is 1. The molecule has 0 saturated heterocycles. The monoisotopic (exact) mass is 337 g/mol. The molecule has 0 spiro atoms. The van der Waals surface area contributed by atoms with Crippen molar-refractivity contribution in [1.82, 2.24) is 5.32 Å². The van der Waals surface area contributed by atoms with Gasteiger partial charge in [-0.2, -0.15) is 0 Å². The highest BCUT2D eigenvalue weighted by atomic mass is 35.5. The first-order valence-corrected chi connectivity index (χ1v) is 8.81. The Morgan fingerprint density at radius 3 is 2.76 bits per heavy atom. The van der Waals surface area contributed by atoms with Crippen LogP contribution in [0, 0.1) is 0 Å². The van der Waals surface area contributed by atoms with Gasteiger partial charge in [0.25, 0.3) is 0 Å². The van der Waals surface area contributed by atoms with Crippen molar-refractivity contribution in [3.05, 3.63) is 63.6 Å². The summed E-state index contributed by atoms with van der Waals surface area (Å²) < 4.78 is 0. The van der Waals surface area contributed by atoms with Crippen LogP contribution in [0.2, 0.25) is 10.0 Å². The van der Waals surface area contributed by atoms with Crippen molar-refractivity contribution in [1.29, 1.82) is 0 Å². The Morgan fingerprint density at radius 1 is 1.14 bits per heavy atom. The lowest BCUT2D eigenvalue weighted by atomic mass is 10.0. The fourth-order valence-electron chi connectivity index (χ4n) is 2.71. The Hall–Kier alpha value is -0.670. The highest BCUT2D eigenvalue weighted by Gasteiger charge is 2.22. The Bertz CT molecular complexity index is 644. The van der Waals surface area contributed by atoms with E-state index in [0.29, 0.717) is 6.04 Å². The molecule has 1 aliphatic heterocycles. The predicted molar refractivity (Wildman–Crippen MR) is 92.5 cm³/mol. The molecule has 0 amide bonds. The van der Waals surface area contributed by atoms with Gasteiger partial charge < -0.3 is 5.32 Å². The average molecular weight is 338 g/mol. The first-order valence-electron chi connectivity index (χ1n) is 7.07. The minimum Gasteiger partial charge on any atom is -0.303 e. The molecule has 1 nitrogen and oxygen atoms in total. The second kappa shape index (κ2) is 6.62. The van der Waals surface area contributed by atoms with Crippen LogP contribution < -0.4 is 5.32 Å². The normalized spacial score (nSPS) is 19.1. The summed E-state index contributed by atoms with van der Waals surface area (Å²) in [6, 6.07) is 14.8. The van der Waals surface area contributed by atoms with Gasteiger partial charge in [-0.1, -0.05) is 35.3 Å². The van der Waals surface area contributed by atoms with Gasteiger partial charge in [-0.15, -0.1) is 11.8 Å². The Labute approximate surface area is 140 Å². The zero-order chi connectivity index (χ0) is 14.8. The minimum atomic E-state index is 0.253. The van der Waals surface area contributed by atoms with Crippen molar-refractivity contribution in [2.75, 3.05) is 5.75 Å². The topological polar surface area (TPSA) is 12.0 Å². The van der Waals surface area contributed by atoms with Gasteiger partial charge in [-0.3, -0.25) is 0 Å². The van der Waals surface area contributed by atoms with Crippen LogP contribution in [0.5, 0.6) is 0 Å². The standard InChI is InChI=1S/C17H17Cl2NS/c1-11(12-3-2-4-13(18)9-12)20-16-7-8-21-17-6-5-14(19)10-15(16)17/h2-6,9-11,16,20H,7-8H2,1H3/t11-,16?/m1/s1. The SMILES string of the molecule is C[C@@H](NC1CCSc2ccc(Cl)cc21)c1cccc(Cl)c1. The highest BCUT2D eigenvalue weighted by Crippen LogP contribution is 2.38. The Morgan fingerprint density at radius 2 is 1.95 bits per heavy atom. The summed E-state index contributed by atoms with van der Waals surface area (Å²) in [6.07, 6.45) is 1.11. The lowest BCUT2D eigenvalue weighted by molar-refractivity contribution is 0.450. The van der Waals surface area contributed by atoms with E-state index in [1.807, 2.05) is 36.0 Å². The van der Waals surface area contributed by atoms with Crippen LogP contribution in [-0.4, -0.2) is 5.75 Å². The van der Waals surface area contributed by atoms with Crippen LogP contribution in [0.1, 0.15) is 36.6 Å². The summed E-state index contributed by atoms with van der Waals surface area (Å²) in [5, 5.41) is 5.30. The number of hydrogen-bond donors (Lipinski definition) is 1. The summed E-state index contributed by atoms with van der Waals surface area (Å²) in [7, 11) is 0. The molecule has 2 aromatic rings. The average Bonchev–Trinajstić information content (AvgIpc) is 2.48. The quantitative estimate of drug-likeness (QED) is 0.750. The summed E-state index contributed by atoms with van der Waals surface area (Å²) in [5.74, 6) is 1.13. The number of benzene rings is 2. The second-order valence-electron chi connectivity index (χ2n) is 5.32. The van der Waals surface area contributed by atoms with Crippen molar-refractivity contribution < 1.29 is 0 Å². The molecule has 0 radical (unpaired) electrons. The van der Waals surface area contributed by atoms with Gasteiger partial charge >= 0.3 is 0 Å². The number of thioether (sulfide) groups is 1. The summed E-state index contributed by atoms with van der Waals surface area (Å²) >= 11 is 14.2. The van der Waals surface area contributed by atoms with E-state index in [0.717, 1.165) is 22.2 Å². The molecule has 1 unspecified atom stereocenters. The van der Waals surface area contributed by atoms with Gasteiger partial charge in [0.05, 0.1) is 0 Å². The number of halogens is 2. The van der Waals surface area contributed by atoms with Crippen molar-refractivity contribution in [3.63, 3.8) is 0 Å². The van der Waals surface area contributed by atoms with E-state index in [1.165, 1.54) is 16.0 Å². The largest absolute Gasteiger partial charge is 0.303 e. The van der Waals surface area contributed by atoms with Crippen molar-refractivity contribution in [2.45, 2.75) is 30.3 Å². The molecular weight excluding hydrogens is 321 g/mol. The number of hydrogen-bond acceptors (Lipinski definition) is 2. The minimum absolute atomic E-state index is 0.253. The van der Waals surface area contributed by atoms with Gasteiger partial charge in [0.1, 0.15) is 0 Å². The predicted octanol–water partition coefficient (Wildman–Crippen LogP) is 5.88. The zero-order valence-electron chi connectivity index (χ0n) is 11.8. The third-order valence-electron chi connectivity index (χ3n) is 3.81. The molecule has 21 heavy (non-hydrogen) atoms. The van der Waals surface area contributed by atoms with Gasteiger partial charge in [0.2, 0.25) is 0 Å². The zero-order valence-corrected chi connectivity index (χ0v) is 14.1. The molecule has 0 saturated carbocycles. The van der Waals surface area contributed by atoms with Gasteiger partial charge in [0.15, 0.2) is 0 Å². The van der Waals surface area contributed by atoms with Crippen molar-refractivity contribution in [3.8, 4) is 0 Å². The first kappa shape index (κ1) is 15.2. The molecule has 2 atom stereocenters. The van der Waals surface area contributed by atoms with E-state index in [-0.39, 0.29) is 6.04 Å². The lowest BCUT2D eigenvalue weighted by Crippen LogP contribution is -2.27. The van der Waals surface area contributed by atoms with Gasteiger partial charge in [-0.05, 0) is 60.6 Å². The lowest BCUT2D eigenvalue weighted by Gasteiger charge is -2.29. The third-order valence-corrected chi connectivity index (χ3v) is 5.40. The molecule has 1 N–H and O–H groups in total. The fourth-order valence-corrected chi connectivity index (χ4v) is 4.20. The van der Waals surface area contributed by atoms with E-state index in [2.05, 4.69) is 30.4 Å². The van der Waals surface area contributed by atoms with Crippen LogP contribution in [0.15, 0.2) is 47.4 Å². The van der Waals surface area contributed by atoms with E-state index in [4.69, 9.17) is 23.2 Å². The van der Waals surface area contributed by atoms with Crippen LogP contribution in [0.25, 0.3) is 0 Å². The molecule has 1 heterocycles. The van der Waals surface area contributed by atoms with Crippen LogP contribution in [0.4, 0.5) is 0 Å². The first-order chi connectivity index (χ1) is 10.1. The van der Waals surface area contributed by atoms with Crippen molar-refractivity contribution in [2.24, 2.45) is 0 Å². The molecule has 0 aliphatic carbocycles. The maximum Gasteiger partial charge on any atom is 0.0410 e. The van der Waals surface area contributed by atoms with E-state index in [9.17, 15) is 0 Å². The maximum atomic E-state index is 6.16. The molecule has 0 aromatic heterocycles. The molecule has 4 heteroatoms. The Balaban J connectivity index is 1.81. The molecule has 0 bridgehead atoms. The molecule has 1 aliphatic rings. The molecule has 110 valence electrons. The summed E-state index contributed by atoms with van der Waals surface area (Å²) in [4.78, 5) is 1.33. The molecule has 2 aromatic carbocycles. The van der Waals surface area contributed by atoms with Gasteiger partial charge in [-0.25, -0.2) is 0 Å². The van der Waals surface area contributed by atoms with E-state index in [1.54, 1.807) is 0 Å². The van der Waals surface area contributed by atoms with Crippen LogP contribution >= 0.6 is 35.0 Å². The van der Waals surface area contributed by atoms with E-state index < -0.39 is 0 Å². The fraction of sp³-hybridized carbons (Fsp3) is 0.294. The molecule has 0 fully saturated rings. The third kappa shape index (κ3) is 3.57. The maximum absolute atomic E-state index is 6.16. The van der Waals surface area contributed by atoms with E-state index >= 15 is 0 Å². The number of nitrogens with one attached hydrogen (secondary N) is 1. The summed E-state index contributed by atoms with van der Waals surface area (Å²) in [5.41, 5.74) is 2.52. The van der Waals surface area contributed by atoms with Crippen molar-refractivity contribution >= 4 is 35.0 Å². The van der Waals surface area contributed by atoms with Crippen LogP contribution in [0.3, 0.4) is 0 Å². The Kier molecular flexibility index (Phi) is 4.80. The van der Waals surface area contributed by atoms with Crippen LogP contribution in [-0.2, 0) is 0 Å². The smallest absolute Gasteiger partial charge is 0.0410 e. The molecule has 3 rings (SSSR count). The van der Waals surface area contributed by atoms with Gasteiger partial charge in [0, 0.05) is 27.0 Å². The highest BCUT2D eigenvalue weighted by molar-refractivity contribution is 7.99. The molecular formula is C17H17Cl2NS. The number of rotatable bonds is 3. The summed E-state index contributed by atoms with van der Waals surface area (Å²) in [6.45, 7) is 2.18. The second-order valence-corrected chi connectivity index (χ2v) is 7.32.